The van der Waals surface area contributed by atoms with Crippen LogP contribution in [-0.4, -0.2) is 4.57 Å². The van der Waals surface area contributed by atoms with Gasteiger partial charge in [-0.05, 0) is 148 Å². The highest BCUT2D eigenvalue weighted by Crippen LogP contribution is 2.42. The van der Waals surface area contributed by atoms with Crippen LogP contribution in [0.2, 0.25) is 0 Å². The maximum Gasteiger partial charge on any atom is 0.0535 e. The summed E-state index contributed by atoms with van der Waals surface area (Å²) in [7, 11) is 0. The molecule has 0 fully saturated rings. The number of hydrogen-bond donors (Lipinski definition) is 0. The maximum absolute atomic E-state index is 2.43. The number of aromatic nitrogens is 1. The molecule has 1 heteroatoms. The summed E-state index contributed by atoms with van der Waals surface area (Å²) in [5.74, 6) is 0.471. The predicted molar refractivity (Wildman–Crippen MR) is 306 cm³/mol. The topological polar surface area (TPSA) is 4.93 Å². The van der Waals surface area contributed by atoms with Crippen LogP contribution in [0.5, 0.6) is 0 Å². The normalized spacial score (nSPS) is 13.1. The van der Waals surface area contributed by atoms with E-state index in [0.717, 1.165) is 17.6 Å². The quantitative estimate of drug-likeness (QED) is 0.136. The zero-order valence-corrected chi connectivity index (χ0v) is 40.2. The Morgan fingerprint density at radius 3 is 1.39 bits per heavy atom. The van der Waals surface area contributed by atoms with Crippen LogP contribution in [-0.2, 0) is 0 Å². The van der Waals surface area contributed by atoms with Gasteiger partial charge < -0.3 is 4.57 Å². The summed E-state index contributed by atoms with van der Waals surface area (Å²) >= 11 is 0. The Morgan fingerprint density at radius 1 is 0.333 bits per heavy atom. The Hall–Kier alpha value is -9.04. The maximum atomic E-state index is 2.43. The number of allylic oxidation sites excluding steroid dienone is 1. The molecule has 0 N–H and O–H groups in total. The predicted octanol–water partition coefficient (Wildman–Crippen LogP) is 19.6. The SMILES string of the molecule is CC1CC=Cc2c(-c3cc(-c4cccc5ccccc45)cc(-n4cc(-c5ccc(-c6ccc(-c7ccccc7)cc6)cc5)c5cc(-c6ccc(-c7ccc(-c8ccccc8)cc7)cc6)ccc54)c3)cccc21. The lowest BCUT2D eigenvalue weighted by atomic mass is 9.83. The minimum atomic E-state index is 0.471. The van der Waals surface area contributed by atoms with E-state index in [1.54, 1.807) is 0 Å². The number of nitrogens with zero attached hydrogens (tertiary/aromatic N) is 1. The molecule has 0 saturated heterocycles. The van der Waals surface area contributed by atoms with Crippen LogP contribution in [0, 0.1) is 0 Å². The fourth-order valence-electron chi connectivity index (χ4n) is 11.0. The van der Waals surface area contributed by atoms with Crippen molar-refractivity contribution in [1.82, 2.24) is 4.57 Å². The molecule has 0 saturated carbocycles. The second-order valence-corrected chi connectivity index (χ2v) is 19.3. The van der Waals surface area contributed by atoms with Crippen LogP contribution in [0.25, 0.3) is 122 Å². The van der Waals surface area contributed by atoms with Gasteiger partial charge in [-0.25, -0.2) is 0 Å². The summed E-state index contributed by atoms with van der Waals surface area (Å²) in [6, 6.07) is 93.7. The minimum Gasteiger partial charge on any atom is -0.316 e. The molecule has 1 aromatic heterocycles. The number of benzene rings is 11. The first-order chi connectivity index (χ1) is 35.6. The summed E-state index contributed by atoms with van der Waals surface area (Å²) in [6.07, 6.45) is 8.12. The zero-order chi connectivity index (χ0) is 48.0. The van der Waals surface area contributed by atoms with Crippen molar-refractivity contribution in [2.24, 2.45) is 0 Å². The average Bonchev–Trinajstić information content (AvgIpc) is 3.84. The van der Waals surface area contributed by atoms with Gasteiger partial charge in [-0.3, -0.25) is 0 Å². The van der Waals surface area contributed by atoms with Crippen LogP contribution in [0.3, 0.4) is 0 Å². The van der Waals surface area contributed by atoms with E-state index in [0.29, 0.717) is 5.92 Å². The standard InChI is InChI=1S/C71H51N/c1-48-13-10-24-68-64(48)21-12-23-67(68)62-43-61(66-22-11-19-58-18-8-9-20-65(58)66)44-63(45-62)72-47-70(59-39-37-56(38-40-59)54-31-27-52(28-32-54)50-16-6-3-7-17-50)69-46-60(41-42-71(69)72)57-35-33-55(34-36-57)53-29-25-51(26-30-53)49-14-4-2-5-15-49/h2-12,14-48H,13H2,1H3. The third kappa shape index (κ3) is 8.05. The second kappa shape index (κ2) is 18.4. The summed E-state index contributed by atoms with van der Waals surface area (Å²) < 4.78 is 2.43. The minimum absolute atomic E-state index is 0.471. The lowest BCUT2D eigenvalue weighted by Gasteiger charge is -2.21. The summed E-state index contributed by atoms with van der Waals surface area (Å²) in [6.45, 7) is 2.35. The molecule has 0 bridgehead atoms. The molecule has 72 heavy (non-hydrogen) atoms. The van der Waals surface area contributed by atoms with E-state index in [-0.39, 0.29) is 0 Å². The van der Waals surface area contributed by atoms with Gasteiger partial charge in [-0.15, -0.1) is 0 Å². The molecule has 1 unspecified atom stereocenters. The third-order valence-corrected chi connectivity index (χ3v) is 14.9. The molecule has 340 valence electrons. The Morgan fingerprint density at radius 2 is 0.792 bits per heavy atom. The molecule has 1 aliphatic rings. The van der Waals surface area contributed by atoms with Gasteiger partial charge in [-0.2, -0.15) is 0 Å². The number of hydrogen-bond acceptors (Lipinski definition) is 0. The molecule has 0 amide bonds. The third-order valence-electron chi connectivity index (χ3n) is 14.9. The largest absolute Gasteiger partial charge is 0.316 e. The van der Waals surface area contributed by atoms with Crippen molar-refractivity contribution in [3.63, 3.8) is 0 Å². The van der Waals surface area contributed by atoms with Gasteiger partial charge in [-0.1, -0.05) is 244 Å². The van der Waals surface area contributed by atoms with Crippen LogP contribution in [0.1, 0.15) is 30.4 Å². The molecule has 0 radical (unpaired) electrons. The fraction of sp³-hybridized carbons (Fsp3) is 0.0423. The van der Waals surface area contributed by atoms with E-state index in [1.807, 2.05) is 0 Å². The highest BCUT2D eigenvalue weighted by Gasteiger charge is 2.20. The van der Waals surface area contributed by atoms with Crippen molar-refractivity contribution in [2.45, 2.75) is 19.3 Å². The first-order valence-electron chi connectivity index (χ1n) is 25.2. The van der Waals surface area contributed by atoms with Crippen molar-refractivity contribution in [1.29, 1.82) is 0 Å². The molecule has 1 nitrogen and oxygen atoms in total. The van der Waals surface area contributed by atoms with Crippen LogP contribution >= 0.6 is 0 Å². The van der Waals surface area contributed by atoms with Crippen molar-refractivity contribution < 1.29 is 0 Å². The molecule has 1 atom stereocenters. The highest BCUT2D eigenvalue weighted by atomic mass is 15.0. The van der Waals surface area contributed by atoms with Crippen LogP contribution in [0.4, 0.5) is 0 Å². The van der Waals surface area contributed by atoms with Gasteiger partial charge in [0, 0.05) is 22.8 Å². The number of fused-ring (bicyclic) bond motifs is 3. The molecule has 1 aliphatic carbocycles. The molecule has 11 aromatic carbocycles. The van der Waals surface area contributed by atoms with E-state index in [9.17, 15) is 0 Å². The van der Waals surface area contributed by atoms with Crippen molar-refractivity contribution in [2.75, 3.05) is 0 Å². The van der Waals surface area contributed by atoms with E-state index < -0.39 is 0 Å². The molecule has 1 heterocycles. The van der Waals surface area contributed by atoms with Gasteiger partial charge in [0.2, 0.25) is 0 Å². The highest BCUT2D eigenvalue weighted by molar-refractivity contribution is 6.01. The van der Waals surface area contributed by atoms with Gasteiger partial charge in [0.15, 0.2) is 0 Å². The lowest BCUT2D eigenvalue weighted by Crippen LogP contribution is -2.02. The van der Waals surface area contributed by atoms with Gasteiger partial charge in [0.05, 0.1) is 5.52 Å². The monoisotopic (exact) mass is 917 g/mol. The summed E-state index contributed by atoms with van der Waals surface area (Å²) in [5.41, 5.74) is 24.4. The fourth-order valence-corrected chi connectivity index (χ4v) is 11.0. The first kappa shape index (κ1) is 43.0. The van der Waals surface area contributed by atoms with Crippen molar-refractivity contribution >= 4 is 27.8 Å². The first-order valence-corrected chi connectivity index (χ1v) is 25.2. The van der Waals surface area contributed by atoms with E-state index in [4.69, 9.17) is 0 Å². The lowest BCUT2D eigenvalue weighted by molar-refractivity contribution is 0.772. The van der Waals surface area contributed by atoms with Crippen LogP contribution in [0.15, 0.2) is 267 Å². The van der Waals surface area contributed by atoms with E-state index in [2.05, 4.69) is 285 Å². The van der Waals surface area contributed by atoms with Crippen LogP contribution < -0.4 is 0 Å². The van der Waals surface area contributed by atoms with Crippen molar-refractivity contribution in [3.8, 4) is 94.7 Å². The average molecular weight is 918 g/mol. The molecule has 0 spiro atoms. The van der Waals surface area contributed by atoms with E-state index >= 15 is 0 Å². The smallest absolute Gasteiger partial charge is 0.0535 e. The Bertz CT molecular complexity index is 3950. The molecular weight excluding hydrogens is 867 g/mol. The van der Waals surface area contributed by atoms with Gasteiger partial charge in [0.1, 0.15) is 0 Å². The molecular formula is C71H51N. The zero-order valence-electron chi connectivity index (χ0n) is 40.2. The second-order valence-electron chi connectivity index (χ2n) is 19.3. The van der Waals surface area contributed by atoms with E-state index in [1.165, 1.54) is 116 Å². The summed E-state index contributed by atoms with van der Waals surface area (Å²) in [4.78, 5) is 0. The Kier molecular flexibility index (Phi) is 11.0. The van der Waals surface area contributed by atoms with Crippen molar-refractivity contribution in [3.05, 3.63) is 278 Å². The molecule has 13 rings (SSSR count). The molecule has 0 aliphatic heterocycles. The summed E-state index contributed by atoms with van der Waals surface area (Å²) in [5, 5.41) is 3.69. The Balaban J connectivity index is 0.943. The molecule has 12 aromatic rings. The van der Waals surface area contributed by atoms with Gasteiger partial charge in [0.25, 0.3) is 0 Å². The Labute approximate surface area is 422 Å². The van der Waals surface area contributed by atoms with Gasteiger partial charge >= 0.3 is 0 Å². The number of rotatable bonds is 9.